The van der Waals surface area contributed by atoms with Crippen LogP contribution in [0.1, 0.15) is 26.3 Å². The molecule has 2 rings (SSSR count). The van der Waals surface area contributed by atoms with Crippen LogP contribution in [0.5, 0.6) is 0 Å². The first-order chi connectivity index (χ1) is 11.8. The Morgan fingerprint density at radius 3 is 2.64 bits per heavy atom. The van der Waals surface area contributed by atoms with Gasteiger partial charge in [0.25, 0.3) is 17.5 Å². The number of carbonyl (C=O) groups excluding carboxylic acids is 3. The third-order valence-electron chi connectivity index (χ3n) is 3.15. The van der Waals surface area contributed by atoms with Crippen LogP contribution < -0.4 is 11.1 Å². The molecule has 0 fully saturated rings. The number of benzene rings is 1. The van der Waals surface area contributed by atoms with Gasteiger partial charge in [-0.25, -0.2) is 4.79 Å². The minimum absolute atomic E-state index is 0.0878. The van der Waals surface area contributed by atoms with Crippen molar-refractivity contribution >= 4 is 39.8 Å². The summed E-state index contributed by atoms with van der Waals surface area (Å²) in [6.07, 6.45) is 0. The van der Waals surface area contributed by atoms with Crippen LogP contribution in [0.2, 0.25) is 0 Å². The van der Waals surface area contributed by atoms with E-state index >= 15 is 0 Å². The molecule has 0 radical (unpaired) electrons. The van der Waals surface area contributed by atoms with E-state index in [4.69, 9.17) is 10.5 Å². The number of nitrogens with one attached hydrogen (secondary N) is 1. The number of nitro groups is 1. The van der Waals surface area contributed by atoms with Gasteiger partial charge in [-0.15, -0.1) is 11.3 Å². The lowest BCUT2D eigenvalue weighted by atomic mass is 10.1. The van der Waals surface area contributed by atoms with Crippen molar-refractivity contribution in [1.82, 2.24) is 0 Å². The normalized spacial score (nSPS) is 10.1. The summed E-state index contributed by atoms with van der Waals surface area (Å²) in [5, 5.41) is 15.0. The van der Waals surface area contributed by atoms with E-state index in [1.165, 1.54) is 31.2 Å². The highest BCUT2D eigenvalue weighted by Crippen LogP contribution is 2.22. The quantitative estimate of drug-likeness (QED) is 0.456. The highest BCUT2D eigenvalue weighted by Gasteiger charge is 2.17. The lowest BCUT2D eigenvalue weighted by Gasteiger charge is -2.07. The van der Waals surface area contributed by atoms with Gasteiger partial charge in [0.2, 0.25) is 0 Å². The van der Waals surface area contributed by atoms with Gasteiger partial charge in [-0.05, 0) is 30.5 Å². The second kappa shape index (κ2) is 7.53. The molecule has 25 heavy (non-hydrogen) atoms. The van der Waals surface area contributed by atoms with Gasteiger partial charge in [-0.2, -0.15) is 0 Å². The molecule has 0 unspecified atom stereocenters. The number of hydrogen-bond acceptors (Lipinski definition) is 7. The SMILES string of the molecule is Cc1cc(C(=O)OCC(=O)Nc2sccc2C(N)=O)ccc1[N+](=O)[O-]. The Hall–Kier alpha value is -3.27. The smallest absolute Gasteiger partial charge is 0.338 e. The van der Waals surface area contributed by atoms with Crippen molar-refractivity contribution in [3.8, 4) is 0 Å². The maximum absolute atomic E-state index is 11.9. The number of nitrogens with zero attached hydrogens (tertiary/aromatic N) is 1. The summed E-state index contributed by atoms with van der Waals surface area (Å²) < 4.78 is 4.86. The summed E-state index contributed by atoms with van der Waals surface area (Å²) in [5.41, 5.74) is 5.59. The third kappa shape index (κ3) is 4.38. The first-order valence-electron chi connectivity index (χ1n) is 6.89. The summed E-state index contributed by atoms with van der Waals surface area (Å²) in [6, 6.07) is 5.21. The monoisotopic (exact) mass is 363 g/mol. The van der Waals surface area contributed by atoms with Gasteiger partial charge < -0.3 is 15.8 Å². The van der Waals surface area contributed by atoms with Crippen LogP contribution >= 0.6 is 11.3 Å². The fourth-order valence-corrected chi connectivity index (χ4v) is 2.77. The predicted molar refractivity (Wildman–Crippen MR) is 89.6 cm³/mol. The van der Waals surface area contributed by atoms with E-state index in [1.54, 1.807) is 5.38 Å². The van der Waals surface area contributed by atoms with E-state index in [1.807, 2.05) is 0 Å². The molecular weight excluding hydrogens is 350 g/mol. The number of hydrogen-bond donors (Lipinski definition) is 2. The standard InChI is InChI=1S/C15H13N3O6S/c1-8-6-9(2-3-11(8)18(22)23)15(21)24-7-12(19)17-14-10(13(16)20)4-5-25-14/h2-6H,7H2,1H3,(H2,16,20)(H,17,19). The first kappa shape index (κ1) is 18.1. The molecule has 0 saturated heterocycles. The second-order valence-electron chi connectivity index (χ2n) is 4.91. The lowest BCUT2D eigenvalue weighted by molar-refractivity contribution is -0.385. The Labute approximate surface area is 145 Å². The highest BCUT2D eigenvalue weighted by molar-refractivity contribution is 7.14. The summed E-state index contributed by atoms with van der Waals surface area (Å²) in [5.74, 6) is -2.12. The molecule has 0 aliphatic rings. The van der Waals surface area contributed by atoms with Crippen LogP contribution in [0.15, 0.2) is 29.6 Å². The summed E-state index contributed by atoms with van der Waals surface area (Å²) in [6.45, 7) is 0.911. The third-order valence-corrected chi connectivity index (χ3v) is 3.98. The molecule has 0 aliphatic heterocycles. The number of nitro benzene ring substituents is 1. The molecule has 0 saturated carbocycles. The number of esters is 1. The van der Waals surface area contributed by atoms with Gasteiger partial charge in [-0.3, -0.25) is 19.7 Å². The Kier molecular flexibility index (Phi) is 5.45. The van der Waals surface area contributed by atoms with E-state index in [0.717, 1.165) is 11.3 Å². The Bertz CT molecular complexity index is 861. The van der Waals surface area contributed by atoms with Crippen molar-refractivity contribution in [2.45, 2.75) is 6.92 Å². The van der Waals surface area contributed by atoms with Gasteiger partial charge in [0.15, 0.2) is 6.61 Å². The minimum atomic E-state index is -0.797. The molecule has 1 aromatic heterocycles. The molecule has 0 spiro atoms. The van der Waals surface area contributed by atoms with Crippen molar-refractivity contribution in [3.63, 3.8) is 0 Å². The molecular formula is C15H13N3O6S. The molecule has 0 atom stereocenters. The van der Waals surface area contributed by atoms with Crippen LogP contribution in [0, 0.1) is 17.0 Å². The van der Waals surface area contributed by atoms with Crippen molar-refractivity contribution < 1.29 is 24.0 Å². The average molecular weight is 363 g/mol. The number of aryl methyl sites for hydroxylation is 1. The summed E-state index contributed by atoms with van der Waals surface area (Å²) in [4.78, 5) is 45.1. The van der Waals surface area contributed by atoms with Crippen molar-refractivity contribution in [1.29, 1.82) is 0 Å². The van der Waals surface area contributed by atoms with Gasteiger partial charge in [0.05, 0.1) is 16.1 Å². The number of ether oxygens (including phenoxy) is 1. The average Bonchev–Trinajstić information content (AvgIpc) is 3.00. The summed E-state index contributed by atoms with van der Waals surface area (Å²) in [7, 11) is 0. The van der Waals surface area contributed by atoms with E-state index in [-0.39, 0.29) is 21.8 Å². The number of carbonyl (C=O) groups is 3. The molecule has 1 heterocycles. The van der Waals surface area contributed by atoms with E-state index < -0.39 is 29.3 Å². The molecule has 2 amide bonds. The van der Waals surface area contributed by atoms with E-state index in [0.29, 0.717) is 5.56 Å². The highest BCUT2D eigenvalue weighted by atomic mass is 32.1. The lowest BCUT2D eigenvalue weighted by Crippen LogP contribution is -2.22. The molecule has 1 aromatic carbocycles. The van der Waals surface area contributed by atoms with Gasteiger partial charge >= 0.3 is 5.97 Å². The molecule has 10 heteroatoms. The van der Waals surface area contributed by atoms with Crippen LogP contribution in [0.3, 0.4) is 0 Å². The Morgan fingerprint density at radius 2 is 2.04 bits per heavy atom. The van der Waals surface area contributed by atoms with E-state index in [2.05, 4.69) is 5.32 Å². The van der Waals surface area contributed by atoms with E-state index in [9.17, 15) is 24.5 Å². The molecule has 0 aliphatic carbocycles. The second-order valence-corrected chi connectivity index (χ2v) is 5.83. The zero-order valence-electron chi connectivity index (χ0n) is 13.0. The maximum atomic E-state index is 11.9. The zero-order valence-corrected chi connectivity index (χ0v) is 13.8. The number of anilines is 1. The molecule has 0 bridgehead atoms. The molecule has 2 aromatic rings. The first-order valence-corrected chi connectivity index (χ1v) is 7.77. The number of amides is 2. The van der Waals surface area contributed by atoms with Crippen molar-refractivity contribution in [2.24, 2.45) is 5.73 Å². The van der Waals surface area contributed by atoms with Gasteiger partial charge in [0, 0.05) is 11.6 Å². The Morgan fingerprint density at radius 1 is 1.32 bits per heavy atom. The minimum Gasteiger partial charge on any atom is -0.452 e. The predicted octanol–water partition coefficient (Wildman–Crippen LogP) is 1.86. The number of primary amides is 1. The summed E-state index contributed by atoms with van der Waals surface area (Å²) >= 11 is 1.11. The number of rotatable bonds is 6. The topological polar surface area (TPSA) is 142 Å². The largest absolute Gasteiger partial charge is 0.452 e. The van der Waals surface area contributed by atoms with Crippen LogP contribution in [0.25, 0.3) is 0 Å². The fourth-order valence-electron chi connectivity index (χ4n) is 1.96. The molecule has 3 N–H and O–H groups in total. The molecule has 9 nitrogen and oxygen atoms in total. The van der Waals surface area contributed by atoms with Crippen molar-refractivity contribution in [2.75, 3.05) is 11.9 Å². The fraction of sp³-hybridized carbons (Fsp3) is 0.133. The van der Waals surface area contributed by atoms with Crippen LogP contribution in [0.4, 0.5) is 10.7 Å². The van der Waals surface area contributed by atoms with Gasteiger partial charge in [0.1, 0.15) is 5.00 Å². The molecule has 130 valence electrons. The number of nitrogens with two attached hydrogens (primary N) is 1. The van der Waals surface area contributed by atoms with Crippen molar-refractivity contribution in [3.05, 3.63) is 56.5 Å². The number of thiophene rings is 1. The Balaban J connectivity index is 1.96. The zero-order chi connectivity index (χ0) is 18.6. The van der Waals surface area contributed by atoms with Crippen LogP contribution in [-0.2, 0) is 9.53 Å². The maximum Gasteiger partial charge on any atom is 0.338 e. The van der Waals surface area contributed by atoms with Crippen LogP contribution in [-0.4, -0.2) is 29.3 Å². The van der Waals surface area contributed by atoms with Gasteiger partial charge in [-0.1, -0.05) is 0 Å².